The van der Waals surface area contributed by atoms with E-state index in [0.29, 0.717) is 10.7 Å². The lowest BCUT2D eigenvalue weighted by molar-refractivity contribution is 0.102. The number of aromatic nitrogens is 2. The van der Waals surface area contributed by atoms with Gasteiger partial charge in [-0.3, -0.25) is 10.1 Å². The number of fused-ring (bicyclic) bond motifs is 1. The highest BCUT2D eigenvalue weighted by Gasteiger charge is 2.16. The number of rotatable bonds is 4. The van der Waals surface area contributed by atoms with Crippen molar-refractivity contribution in [3.8, 4) is 21.8 Å². The minimum Gasteiger partial charge on any atom is -0.298 e. The number of thiazole rings is 1. The highest BCUT2D eigenvalue weighted by atomic mass is 79.9. The molecule has 5 rings (SSSR count). The Morgan fingerprint density at radius 2 is 1.77 bits per heavy atom. The van der Waals surface area contributed by atoms with E-state index < -0.39 is 0 Å². The van der Waals surface area contributed by atoms with E-state index in [1.165, 1.54) is 16.2 Å². The summed E-state index contributed by atoms with van der Waals surface area (Å²) in [5.74, 6) is -0.190. The lowest BCUT2D eigenvalue weighted by Gasteiger charge is -2.08. The number of halogens is 1. The zero-order valence-corrected chi connectivity index (χ0v) is 19.6. The van der Waals surface area contributed by atoms with Gasteiger partial charge in [-0.2, -0.15) is 0 Å². The number of anilines is 1. The van der Waals surface area contributed by atoms with Crippen molar-refractivity contribution in [2.45, 2.75) is 6.92 Å². The first-order valence-electron chi connectivity index (χ1n) is 9.56. The van der Waals surface area contributed by atoms with Crippen molar-refractivity contribution < 1.29 is 4.79 Å². The van der Waals surface area contributed by atoms with Gasteiger partial charge in [0.2, 0.25) is 0 Å². The number of carbonyl (C=O) groups is 1. The second-order valence-corrected chi connectivity index (χ2v) is 10.0. The maximum absolute atomic E-state index is 13.2. The fraction of sp³-hybridized carbons (Fsp3) is 0.0417. The Kier molecular flexibility index (Phi) is 5.40. The first-order chi connectivity index (χ1) is 15.1. The zero-order chi connectivity index (χ0) is 21.4. The number of para-hydroxylation sites is 1. The minimum atomic E-state index is -0.190. The molecule has 7 heteroatoms. The highest BCUT2D eigenvalue weighted by Crippen LogP contribution is 2.31. The van der Waals surface area contributed by atoms with Gasteiger partial charge in [-0.25, -0.2) is 9.97 Å². The molecular formula is C24H16BrN3OS2. The average Bonchev–Trinajstić information content (AvgIpc) is 3.42. The van der Waals surface area contributed by atoms with Crippen LogP contribution in [0.2, 0.25) is 0 Å². The van der Waals surface area contributed by atoms with E-state index in [1.54, 1.807) is 11.3 Å². The number of hydrogen-bond acceptors (Lipinski definition) is 5. The van der Waals surface area contributed by atoms with Crippen LogP contribution in [-0.2, 0) is 0 Å². The Labute approximate surface area is 195 Å². The van der Waals surface area contributed by atoms with Crippen molar-refractivity contribution in [3.63, 3.8) is 0 Å². The molecular weight excluding hydrogens is 490 g/mol. The lowest BCUT2D eigenvalue weighted by Crippen LogP contribution is -2.13. The molecule has 3 aromatic heterocycles. The van der Waals surface area contributed by atoms with Crippen molar-refractivity contribution in [1.82, 2.24) is 9.97 Å². The molecule has 3 heterocycles. The number of benzene rings is 2. The van der Waals surface area contributed by atoms with E-state index in [-0.39, 0.29) is 5.91 Å². The summed E-state index contributed by atoms with van der Waals surface area (Å²) in [6, 6.07) is 21.6. The van der Waals surface area contributed by atoms with Gasteiger partial charge in [0.25, 0.3) is 5.91 Å². The van der Waals surface area contributed by atoms with Crippen LogP contribution in [0.15, 0.2) is 76.6 Å². The van der Waals surface area contributed by atoms with Gasteiger partial charge in [0.15, 0.2) is 5.13 Å². The molecule has 0 spiro atoms. The standard InChI is InChI=1S/C24H16BrN3OS2/c1-14-6-11-22(31-14)20-12-18(17-4-2-3-5-19(17)26-20)23(29)28-24-27-21(13-30-24)15-7-9-16(25)10-8-15/h2-13H,1H3,(H,27,28,29). The van der Waals surface area contributed by atoms with Crippen LogP contribution in [0.5, 0.6) is 0 Å². The largest absolute Gasteiger partial charge is 0.298 e. The number of pyridine rings is 1. The summed E-state index contributed by atoms with van der Waals surface area (Å²) in [6.45, 7) is 2.06. The summed E-state index contributed by atoms with van der Waals surface area (Å²) in [5, 5.41) is 6.31. The number of amides is 1. The number of hydrogen-bond donors (Lipinski definition) is 1. The van der Waals surface area contributed by atoms with Gasteiger partial charge in [-0.1, -0.05) is 46.3 Å². The fourth-order valence-corrected chi connectivity index (χ4v) is 5.12. The van der Waals surface area contributed by atoms with Crippen LogP contribution < -0.4 is 5.32 Å². The molecule has 31 heavy (non-hydrogen) atoms. The molecule has 0 saturated heterocycles. The van der Waals surface area contributed by atoms with Crippen LogP contribution in [0.25, 0.3) is 32.7 Å². The van der Waals surface area contributed by atoms with Crippen molar-refractivity contribution in [2.24, 2.45) is 0 Å². The quantitative estimate of drug-likeness (QED) is 0.276. The summed E-state index contributed by atoms with van der Waals surface area (Å²) in [7, 11) is 0. The van der Waals surface area contributed by atoms with Crippen molar-refractivity contribution in [2.75, 3.05) is 5.32 Å². The van der Waals surface area contributed by atoms with Crippen molar-refractivity contribution in [1.29, 1.82) is 0 Å². The molecule has 4 nitrogen and oxygen atoms in total. The predicted molar refractivity (Wildman–Crippen MR) is 133 cm³/mol. The Morgan fingerprint density at radius 1 is 0.968 bits per heavy atom. The summed E-state index contributed by atoms with van der Waals surface area (Å²) in [4.78, 5) is 24.9. The fourth-order valence-electron chi connectivity index (χ4n) is 3.31. The number of thiophene rings is 1. The molecule has 0 aliphatic rings. The van der Waals surface area contributed by atoms with Gasteiger partial charge in [0.05, 0.1) is 27.3 Å². The van der Waals surface area contributed by atoms with Crippen molar-refractivity contribution >= 4 is 60.5 Å². The third-order valence-electron chi connectivity index (χ3n) is 4.82. The highest BCUT2D eigenvalue weighted by molar-refractivity contribution is 9.10. The minimum absolute atomic E-state index is 0.190. The summed E-state index contributed by atoms with van der Waals surface area (Å²) >= 11 is 6.53. The molecule has 1 amide bonds. The van der Waals surface area contributed by atoms with E-state index in [0.717, 1.165) is 37.2 Å². The van der Waals surface area contributed by atoms with E-state index >= 15 is 0 Å². The van der Waals surface area contributed by atoms with E-state index in [9.17, 15) is 4.79 Å². The monoisotopic (exact) mass is 505 g/mol. The van der Waals surface area contributed by atoms with Crippen LogP contribution >= 0.6 is 38.6 Å². The molecule has 0 unspecified atom stereocenters. The van der Waals surface area contributed by atoms with Crippen molar-refractivity contribution in [3.05, 3.63) is 87.0 Å². The third-order valence-corrected chi connectivity index (χ3v) is 7.13. The molecule has 1 N–H and O–H groups in total. The summed E-state index contributed by atoms with van der Waals surface area (Å²) < 4.78 is 1.02. The number of nitrogens with zero attached hydrogens (tertiary/aromatic N) is 2. The molecule has 0 saturated carbocycles. The van der Waals surface area contributed by atoms with Crippen LogP contribution in [0.1, 0.15) is 15.2 Å². The SMILES string of the molecule is Cc1ccc(-c2cc(C(=O)Nc3nc(-c4ccc(Br)cc4)cs3)c3ccccc3n2)s1. The lowest BCUT2D eigenvalue weighted by atomic mass is 10.1. The smallest absolute Gasteiger partial charge is 0.258 e. The molecule has 0 aliphatic carbocycles. The predicted octanol–water partition coefficient (Wildman–Crippen LogP) is 7.41. The van der Waals surface area contributed by atoms with Crippen LogP contribution in [0.3, 0.4) is 0 Å². The summed E-state index contributed by atoms with van der Waals surface area (Å²) in [6.07, 6.45) is 0. The second kappa shape index (κ2) is 8.34. The Bertz CT molecular complexity index is 1410. The number of carbonyl (C=O) groups excluding carboxylic acids is 1. The van der Waals surface area contributed by atoms with Gasteiger partial charge in [-0.15, -0.1) is 22.7 Å². The van der Waals surface area contributed by atoms with Gasteiger partial charge in [0.1, 0.15) is 0 Å². The maximum Gasteiger partial charge on any atom is 0.258 e. The first kappa shape index (κ1) is 20.1. The molecule has 0 aliphatic heterocycles. The van der Waals surface area contributed by atoms with E-state index in [4.69, 9.17) is 4.98 Å². The van der Waals surface area contributed by atoms with Gasteiger partial charge >= 0.3 is 0 Å². The van der Waals surface area contributed by atoms with Crippen LogP contribution in [0, 0.1) is 6.92 Å². The molecule has 2 aromatic carbocycles. The number of aryl methyl sites for hydroxylation is 1. The molecule has 0 atom stereocenters. The molecule has 0 bridgehead atoms. The molecule has 152 valence electrons. The first-order valence-corrected chi connectivity index (χ1v) is 12.1. The van der Waals surface area contributed by atoms with Crippen LogP contribution in [-0.4, -0.2) is 15.9 Å². The van der Waals surface area contributed by atoms with Gasteiger partial charge < -0.3 is 0 Å². The Morgan fingerprint density at radius 3 is 2.55 bits per heavy atom. The van der Waals surface area contributed by atoms with Crippen LogP contribution in [0.4, 0.5) is 5.13 Å². The molecule has 0 radical (unpaired) electrons. The average molecular weight is 506 g/mol. The molecule has 0 fully saturated rings. The molecule has 5 aromatic rings. The summed E-state index contributed by atoms with van der Waals surface area (Å²) in [5.41, 5.74) is 4.03. The van der Waals surface area contributed by atoms with E-state index in [2.05, 4.69) is 39.2 Å². The topological polar surface area (TPSA) is 54.9 Å². The van der Waals surface area contributed by atoms with Gasteiger partial charge in [0, 0.05) is 25.7 Å². The second-order valence-electron chi connectivity index (χ2n) is 6.98. The maximum atomic E-state index is 13.2. The Balaban J connectivity index is 1.49. The zero-order valence-electron chi connectivity index (χ0n) is 16.4. The number of nitrogens with one attached hydrogen (secondary N) is 1. The Hall–Kier alpha value is -2.87. The normalized spacial score (nSPS) is 11.0. The third kappa shape index (κ3) is 4.17. The van der Waals surface area contributed by atoms with Gasteiger partial charge in [-0.05, 0) is 43.3 Å². The van der Waals surface area contributed by atoms with E-state index in [1.807, 2.05) is 66.0 Å².